The normalized spacial score (nSPS) is 17.6. The zero-order valence-corrected chi connectivity index (χ0v) is 12.6. The van der Waals surface area contributed by atoms with Gasteiger partial charge in [-0.1, -0.05) is 0 Å². The molecule has 0 fully saturated rings. The molecule has 9 heteroatoms. The molecule has 0 unspecified atom stereocenters. The number of esters is 1. The molecule has 0 saturated carbocycles. The molecule has 0 spiro atoms. The van der Waals surface area contributed by atoms with Crippen LogP contribution in [0.25, 0.3) is 0 Å². The number of carbonyl (C=O) groups is 1. The molecule has 0 aliphatic carbocycles. The molecular weight excluding hydrogens is 294 g/mol. The Hall–Kier alpha value is -0.480. The third kappa shape index (κ3) is 7.95. The lowest BCUT2D eigenvalue weighted by Crippen LogP contribution is -3.00. The summed E-state index contributed by atoms with van der Waals surface area (Å²) in [5.41, 5.74) is 0. The predicted molar refractivity (Wildman–Crippen MR) is 65.0 cm³/mol. The number of rotatable bonds is 8. The van der Waals surface area contributed by atoms with Gasteiger partial charge in [-0.3, -0.25) is 0 Å². The first-order chi connectivity index (χ1) is 8.60. The SMILES string of the molecule is C[N+](C)(C)CCOC(=O)[C@H](O)[C@@H](O)[C@H](O)[C@H](O)CO.[Cl-]. The van der Waals surface area contributed by atoms with Gasteiger partial charge in [0.25, 0.3) is 0 Å². The summed E-state index contributed by atoms with van der Waals surface area (Å²) >= 11 is 0. The van der Waals surface area contributed by atoms with E-state index in [0.29, 0.717) is 11.0 Å². The number of carbonyl (C=O) groups excluding carboxylic acids is 1. The Labute approximate surface area is 124 Å². The van der Waals surface area contributed by atoms with Gasteiger partial charge in [0.05, 0.1) is 27.7 Å². The highest BCUT2D eigenvalue weighted by atomic mass is 35.5. The number of aliphatic hydroxyl groups excluding tert-OH is 5. The van der Waals surface area contributed by atoms with Crippen LogP contribution in [0.4, 0.5) is 0 Å². The topological polar surface area (TPSA) is 127 Å². The van der Waals surface area contributed by atoms with Crippen molar-refractivity contribution in [1.82, 2.24) is 0 Å². The third-order valence-corrected chi connectivity index (χ3v) is 2.50. The Balaban J connectivity index is 0. The van der Waals surface area contributed by atoms with Crippen molar-refractivity contribution in [2.24, 2.45) is 0 Å². The number of quaternary nitrogens is 1. The molecular formula is C11H24ClNO7. The van der Waals surface area contributed by atoms with Crippen molar-refractivity contribution in [1.29, 1.82) is 0 Å². The number of halogens is 1. The monoisotopic (exact) mass is 317 g/mol. The average Bonchev–Trinajstić information content (AvgIpc) is 2.33. The molecule has 5 N–H and O–H groups in total. The van der Waals surface area contributed by atoms with Crippen LogP contribution in [-0.4, -0.2) is 101 Å². The number of hydrogen-bond donors (Lipinski definition) is 5. The maximum Gasteiger partial charge on any atom is 0.338 e. The first-order valence-electron chi connectivity index (χ1n) is 5.90. The number of nitrogens with zero attached hydrogens (tertiary/aromatic N) is 1. The minimum absolute atomic E-state index is 0. The lowest BCUT2D eigenvalue weighted by Gasteiger charge is -2.26. The van der Waals surface area contributed by atoms with Gasteiger partial charge < -0.3 is 47.2 Å². The fourth-order valence-electron chi connectivity index (χ4n) is 1.17. The molecule has 0 rings (SSSR count). The second-order valence-corrected chi connectivity index (χ2v) is 5.36. The maximum atomic E-state index is 11.4. The second kappa shape index (κ2) is 9.46. The minimum Gasteiger partial charge on any atom is -1.00 e. The fourth-order valence-corrected chi connectivity index (χ4v) is 1.17. The first kappa shape index (κ1) is 21.8. The predicted octanol–water partition coefficient (Wildman–Crippen LogP) is -6.32. The fraction of sp³-hybridized carbons (Fsp3) is 0.909. The molecule has 122 valence electrons. The molecule has 0 aromatic heterocycles. The molecule has 0 heterocycles. The van der Waals surface area contributed by atoms with Gasteiger partial charge in [-0.05, 0) is 0 Å². The van der Waals surface area contributed by atoms with Crippen molar-refractivity contribution in [3.8, 4) is 0 Å². The third-order valence-electron chi connectivity index (χ3n) is 2.50. The molecule has 0 aliphatic rings. The van der Waals surface area contributed by atoms with Crippen molar-refractivity contribution in [2.45, 2.75) is 24.4 Å². The van der Waals surface area contributed by atoms with Crippen LogP contribution in [0.2, 0.25) is 0 Å². The minimum atomic E-state index is -1.98. The van der Waals surface area contributed by atoms with Crippen LogP contribution in [-0.2, 0) is 9.53 Å². The summed E-state index contributed by atoms with van der Waals surface area (Å²) in [6.45, 7) is -0.247. The van der Waals surface area contributed by atoms with Crippen LogP contribution in [0.3, 0.4) is 0 Å². The summed E-state index contributed by atoms with van der Waals surface area (Å²) in [7, 11) is 5.67. The zero-order chi connectivity index (χ0) is 15.2. The van der Waals surface area contributed by atoms with Crippen LogP contribution in [0.1, 0.15) is 0 Å². The van der Waals surface area contributed by atoms with E-state index in [9.17, 15) is 20.1 Å². The Morgan fingerprint density at radius 3 is 2.00 bits per heavy atom. The van der Waals surface area contributed by atoms with Gasteiger partial charge >= 0.3 is 5.97 Å². The van der Waals surface area contributed by atoms with Crippen molar-refractivity contribution in [2.75, 3.05) is 40.9 Å². The lowest BCUT2D eigenvalue weighted by molar-refractivity contribution is -0.870. The molecule has 0 aromatic rings. The van der Waals surface area contributed by atoms with E-state index in [4.69, 9.17) is 14.9 Å². The molecule has 0 radical (unpaired) electrons. The smallest absolute Gasteiger partial charge is 0.338 e. The molecule has 0 amide bonds. The van der Waals surface area contributed by atoms with Gasteiger partial charge in [-0.15, -0.1) is 0 Å². The molecule has 4 atom stereocenters. The Bertz CT molecular complexity index is 284. The number of aliphatic hydroxyl groups is 5. The van der Waals surface area contributed by atoms with Crippen molar-refractivity contribution in [3.05, 3.63) is 0 Å². The first-order valence-corrected chi connectivity index (χ1v) is 5.90. The zero-order valence-electron chi connectivity index (χ0n) is 11.8. The van der Waals surface area contributed by atoms with Gasteiger partial charge in [-0.25, -0.2) is 4.79 Å². The summed E-state index contributed by atoms with van der Waals surface area (Å²) < 4.78 is 5.30. The molecule has 0 saturated heterocycles. The summed E-state index contributed by atoms with van der Waals surface area (Å²) in [5.74, 6) is -1.09. The lowest BCUT2D eigenvalue weighted by atomic mass is 10.0. The van der Waals surface area contributed by atoms with Crippen molar-refractivity contribution >= 4 is 5.97 Å². The second-order valence-electron chi connectivity index (χ2n) is 5.36. The molecule has 8 nitrogen and oxygen atoms in total. The number of likely N-dealkylation sites (N-methyl/N-ethyl adjacent to an activating group) is 1. The van der Waals surface area contributed by atoms with E-state index in [1.165, 1.54) is 0 Å². The van der Waals surface area contributed by atoms with E-state index in [0.717, 1.165) is 0 Å². The van der Waals surface area contributed by atoms with E-state index >= 15 is 0 Å². The number of hydrogen-bond acceptors (Lipinski definition) is 7. The van der Waals surface area contributed by atoms with Gasteiger partial charge in [0, 0.05) is 0 Å². The highest BCUT2D eigenvalue weighted by Gasteiger charge is 2.35. The van der Waals surface area contributed by atoms with Gasteiger partial charge in [0.1, 0.15) is 31.5 Å². The van der Waals surface area contributed by atoms with E-state index in [1.54, 1.807) is 0 Å². The Kier molecular flexibility index (Phi) is 10.3. The van der Waals surface area contributed by atoms with Crippen molar-refractivity contribution in [3.63, 3.8) is 0 Å². The number of ether oxygens (including phenoxy) is 1. The summed E-state index contributed by atoms with van der Waals surface area (Å²) in [6.07, 6.45) is -7.41. The van der Waals surface area contributed by atoms with Crippen LogP contribution in [0.15, 0.2) is 0 Å². The van der Waals surface area contributed by atoms with E-state index in [1.807, 2.05) is 21.1 Å². The summed E-state index contributed by atoms with van der Waals surface area (Å²) in [6, 6.07) is 0. The standard InChI is InChI=1S/C11H24NO7.ClH/c1-12(2,3)4-5-19-11(18)10(17)9(16)8(15)7(14)6-13;/h7-10,13-17H,4-6H2,1-3H3;1H/q+1;/p-1/t7-,8-,9+,10-;/m1./s1. The van der Waals surface area contributed by atoms with Crippen molar-refractivity contribution < 1.29 is 52.0 Å². The van der Waals surface area contributed by atoms with Gasteiger partial charge in [0.2, 0.25) is 0 Å². The van der Waals surface area contributed by atoms with Gasteiger partial charge in [-0.2, -0.15) is 0 Å². The highest BCUT2D eigenvalue weighted by Crippen LogP contribution is 2.06. The van der Waals surface area contributed by atoms with Gasteiger partial charge in [0.15, 0.2) is 6.10 Å². The molecule has 0 aliphatic heterocycles. The summed E-state index contributed by atoms with van der Waals surface area (Å²) in [5, 5.41) is 45.9. The van der Waals surface area contributed by atoms with Crippen LogP contribution in [0, 0.1) is 0 Å². The van der Waals surface area contributed by atoms with Crippen LogP contribution < -0.4 is 12.4 Å². The Morgan fingerprint density at radius 1 is 1.10 bits per heavy atom. The van der Waals surface area contributed by atoms with E-state index < -0.39 is 37.0 Å². The largest absolute Gasteiger partial charge is 1.00 e. The molecule has 0 aromatic carbocycles. The van der Waals surface area contributed by atoms with Crippen LogP contribution in [0.5, 0.6) is 0 Å². The highest BCUT2D eigenvalue weighted by molar-refractivity contribution is 5.75. The average molecular weight is 318 g/mol. The Morgan fingerprint density at radius 2 is 1.60 bits per heavy atom. The molecule has 20 heavy (non-hydrogen) atoms. The quantitative estimate of drug-likeness (QED) is 0.222. The maximum absolute atomic E-state index is 11.4. The summed E-state index contributed by atoms with van der Waals surface area (Å²) in [4.78, 5) is 11.4. The van der Waals surface area contributed by atoms with Crippen LogP contribution >= 0.6 is 0 Å². The van der Waals surface area contributed by atoms with E-state index in [2.05, 4.69) is 0 Å². The van der Waals surface area contributed by atoms with E-state index in [-0.39, 0.29) is 19.0 Å². The molecule has 0 bridgehead atoms.